The second-order valence-electron chi connectivity index (χ2n) is 5.68. The maximum Gasteiger partial charge on any atom is 0.411 e. The van der Waals surface area contributed by atoms with Gasteiger partial charge in [0.05, 0.1) is 7.11 Å². The molecule has 1 aliphatic rings. The number of carbonyl (C=O) groups excluding carboxylic acids is 2. The number of hydrogen-bond donors (Lipinski definition) is 0. The standard InChI is InChI=1S/C14H23NO4/c1-6-7-10-8-9-11(12(16)18-5)15(10)13(17)19-14(2,3)4/h6,10-11H,1,7-9H2,2-5H3/t10-,11-/m0/s1. The summed E-state index contributed by atoms with van der Waals surface area (Å²) in [7, 11) is 1.33. The molecule has 0 aromatic rings. The molecule has 108 valence electrons. The molecular weight excluding hydrogens is 246 g/mol. The molecule has 5 nitrogen and oxygen atoms in total. The number of hydrogen-bond acceptors (Lipinski definition) is 4. The van der Waals surface area contributed by atoms with Gasteiger partial charge in [-0.25, -0.2) is 9.59 Å². The maximum absolute atomic E-state index is 12.2. The Balaban J connectivity index is 2.88. The number of methoxy groups -OCH3 is 1. The molecule has 0 aliphatic carbocycles. The molecule has 0 unspecified atom stereocenters. The fourth-order valence-electron chi connectivity index (χ4n) is 2.27. The van der Waals surface area contributed by atoms with Crippen LogP contribution in [0.1, 0.15) is 40.0 Å². The molecule has 1 saturated heterocycles. The minimum Gasteiger partial charge on any atom is -0.467 e. The van der Waals surface area contributed by atoms with E-state index in [0.29, 0.717) is 12.8 Å². The van der Waals surface area contributed by atoms with E-state index in [2.05, 4.69) is 6.58 Å². The largest absolute Gasteiger partial charge is 0.467 e. The first kappa shape index (κ1) is 15.5. The molecule has 19 heavy (non-hydrogen) atoms. The molecule has 1 aliphatic heterocycles. The van der Waals surface area contributed by atoms with Gasteiger partial charge in [-0.1, -0.05) is 6.08 Å². The van der Waals surface area contributed by atoms with Crippen LogP contribution in [0.25, 0.3) is 0 Å². The van der Waals surface area contributed by atoms with Crippen LogP contribution in [-0.2, 0) is 14.3 Å². The van der Waals surface area contributed by atoms with Crippen LogP contribution in [0.4, 0.5) is 4.79 Å². The molecule has 5 heteroatoms. The summed E-state index contributed by atoms with van der Waals surface area (Å²) in [6.07, 6.45) is 3.29. The van der Waals surface area contributed by atoms with Crippen molar-refractivity contribution in [1.29, 1.82) is 0 Å². The Morgan fingerprint density at radius 3 is 2.47 bits per heavy atom. The van der Waals surface area contributed by atoms with Crippen molar-refractivity contribution in [3.63, 3.8) is 0 Å². The van der Waals surface area contributed by atoms with E-state index in [4.69, 9.17) is 9.47 Å². The molecule has 2 atom stereocenters. The molecule has 0 saturated carbocycles. The summed E-state index contributed by atoms with van der Waals surface area (Å²) >= 11 is 0. The van der Waals surface area contributed by atoms with Crippen molar-refractivity contribution in [1.82, 2.24) is 4.90 Å². The average molecular weight is 269 g/mol. The number of ether oxygens (including phenoxy) is 2. The molecule has 0 bridgehead atoms. The van der Waals surface area contributed by atoms with Crippen LogP contribution in [0.2, 0.25) is 0 Å². The zero-order chi connectivity index (χ0) is 14.6. The molecule has 1 heterocycles. The lowest BCUT2D eigenvalue weighted by atomic mass is 10.1. The Labute approximate surface area is 114 Å². The van der Waals surface area contributed by atoms with Gasteiger partial charge in [-0.15, -0.1) is 6.58 Å². The van der Waals surface area contributed by atoms with Gasteiger partial charge in [0, 0.05) is 6.04 Å². The van der Waals surface area contributed by atoms with Gasteiger partial charge < -0.3 is 9.47 Å². The lowest BCUT2D eigenvalue weighted by Crippen LogP contribution is -2.47. The second-order valence-corrected chi connectivity index (χ2v) is 5.68. The number of nitrogens with zero attached hydrogens (tertiary/aromatic N) is 1. The van der Waals surface area contributed by atoms with Crippen LogP contribution in [0.3, 0.4) is 0 Å². The van der Waals surface area contributed by atoms with Gasteiger partial charge in [0.25, 0.3) is 0 Å². The second kappa shape index (κ2) is 6.08. The van der Waals surface area contributed by atoms with Crippen LogP contribution < -0.4 is 0 Å². The topological polar surface area (TPSA) is 55.8 Å². The van der Waals surface area contributed by atoms with Crippen molar-refractivity contribution < 1.29 is 19.1 Å². The first-order valence-electron chi connectivity index (χ1n) is 6.50. The summed E-state index contributed by atoms with van der Waals surface area (Å²) in [5.41, 5.74) is -0.584. The molecule has 1 fully saturated rings. The average Bonchev–Trinajstić information content (AvgIpc) is 2.70. The van der Waals surface area contributed by atoms with Gasteiger partial charge in [-0.05, 0) is 40.0 Å². The number of esters is 1. The highest BCUT2D eigenvalue weighted by molar-refractivity contribution is 5.82. The van der Waals surface area contributed by atoms with E-state index >= 15 is 0 Å². The summed E-state index contributed by atoms with van der Waals surface area (Å²) in [4.78, 5) is 25.5. The number of carbonyl (C=O) groups is 2. The molecule has 0 N–H and O–H groups in total. The fourth-order valence-corrected chi connectivity index (χ4v) is 2.27. The Hall–Kier alpha value is -1.52. The highest BCUT2D eigenvalue weighted by Gasteiger charge is 2.42. The predicted molar refractivity (Wildman–Crippen MR) is 71.7 cm³/mol. The van der Waals surface area contributed by atoms with E-state index in [1.165, 1.54) is 12.0 Å². The molecule has 0 radical (unpaired) electrons. The fraction of sp³-hybridized carbons (Fsp3) is 0.714. The zero-order valence-corrected chi connectivity index (χ0v) is 12.1. The minimum absolute atomic E-state index is 0.0450. The lowest BCUT2D eigenvalue weighted by Gasteiger charge is -2.31. The summed E-state index contributed by atoms with van der Waals surface area (Å²) in [5, 5.41) is 0. The summed E-state index contributed by atoms with van der Waals surface area (Å²) in [6, 6.07) is -0.596. The first-order valence-corrected chi connectivity index (χ1v) is 6.50. The van der Waals surface area contributed by atoms with Crippen molar-refractivity contribution in [2.45, 2.75) is 57.7 Å². The van der Waals surface area contributed by atoms with Crippen LogP contribution in [0.15, 0.2) is 12.7 Å². The van der Waals surface area contributed by atoms with Crippen molar-refractivity contribution >= 4 is 12.1 Å². The Kier molecular flexibility index (Phi) is 4.97. The third-order valence-corrected chi connectivity index (χ3v) is 3.02. The molecule has 0 spiro atoms. The van der Waals surface area contributed by atoms with Crippen LogP contribution in [-0.4, -0.2) is 41.8 Å². The van der Waals surface area contributed by atoms with Gasteiger partial charge in [0.15, 0.2) is 0 Å². The van der Waals surface area contributed by atoms with Crippen molar-refractivity contribution in [2.24, 2.45) is 0 Å². The van der Waals surface area contributed by atoms with Gasteiger partial charge in [-0.2, -0.15) is 0 Å². The van der Waals surface area contributed by atoms with Crippen LogP contribution in [0, 0.1) is 0 Å². The third kappa shape index (κ3) is 3.98. The number of amides is 1. The molecular formula is C14H23NO4. The Morgan fingerprint density at radius 2 is 2.00 bits per heavy atom. The molecule has 0 aromatic heterocycles. The van der Waals surface area contributed by atoms with Gasteiger partial charge in [-0.3, -0.25) is 4.90 Å². The SMILES string of the molecule is C=CC[C@H]1CC[C@@H](C(=O)OC)N1C(=O)OC(C)(C)C. The van der Waals surface area contributed by atoms with Crippen LogP contribution in [0.5, 0.6) is 0 Å². The van der Waals surface area contributed by atoms with Crippen molar-refractivity contribution in [2.75, 3.05) is 7.11 Å². The molecule has 1 rings (SSSR count). The van der Waals surface area contributed by atoms with E-state index in [-0.39, 0.29) is 6.04 Å². The summed E-state index contributed by atoms with van der Waals surface area (Å²) < 4.78 is 10.1. The third-order valence-electron chi connectivity index (χ3n) is 3.02. The minimum atomic E-state index is -0.584. The monoisotopic (exact) mass is 269 g/mol. The predicted octanol–water partition coefficient (Wildman–Crippen LogP) is 2.50. The quantitative estimate of drug-likeness (QED) is 0.583. The molecule has 0 aromatic carbocycles. The van der Waals surface area contributed by atoms with Crippen molar-refractivity contribution in [3.05, 3.63) is 12.7 Å². The number of likely N-dealkylation sites (tertiary alicyclic amines) is 1. The lowest BCUT2D eigenvalue weighted by molar-refractivity contribution is -0.146. The highest BCUT2D eigenvalue weighted by atomic mass is 16.6. The van der Waals surface area contributed by atoms with Gasteiger partial charge in [0.2, 0.25) is 0 Å². The molecule has 1 amide bonds. The van der Waals surface area contributed by atoms with Crippen molar-refractivity contribution in [3.8, 4) is 0 Å². The van der Waals surface area contributed by atoms with E-state index in [9.17, 15) is 9.59 Å². The van der Waals surface area contributed by atoms with E-state index in [1.54, 1.807) is 26.8 Å². The van der Waals surface area contributed by atoms with E-state index < -0.39 is 23.7 Å². The van der Waals surface area contributed by atoms with E-state index in [1.807, 2.05) is 0 Å². The smallest absolute Gasteiger partial charge is 0.411 e. The maximum atomic E-state index is 12.2. The Morgan fingerprint density at radius 1 is 1.37 bits per heavy atom. The summed E-state index contributed by atoms with van der Waals surface area (Å²) in [5.74, 6) is -0.391. The first-order chi connectivity index (χ1) is 8.80. The number of rotatable bonds is 3. The zero-order valence-electron chi connectivity index (χ0n) is 12.1. The highest BCUT2D eigenvalue weighted by Crippen LogP contribution is 2.29. The van der Waals surface area contributed by atoms with E-state index in [0.717, 1.165) is 6.42 Å². The van der Waals surface area contributed by atoms with Gasteiger partial charge >= 0.3 is 12.1 Å². The normalized spacial score (nSPS) is 23.1. The van der Waals surface area contributed by atoms with Crippen LogP contribution >= 0.6 is 0 Å². The Bertz CT molecular complexity index is 359. The van der Waals surface area contributed by atoms with Gasteiger partial charge in [0.1, 0.15) is 11.6 Å². The summed E-state index contributed by atoms with van der Waals surface area (Å²) in [6.45, 7) is 9.09.